The molecule has 2 rings (SSSR count). The third kappa shape index (κ3) is 2.99. The molecule has 19 heavy (non-hydrogen) atoms. The van der Waals surface area contributed by atoms with Crippen LogP contribution < -0.4 is 5.32 Å². The fourth-order valence-electron chi connectivity index (χ4n) is 1.71. The van der Waals surface area contributed by atoms with E-state index in [1.165, 1.54) is 11.3 Å². The molecule has 1 atom stereocenters. The molecule has 0 aliphatic carbocycles. The van der Waals surface area contributed by atoms with Gasteiger partial charge in [-0.3, -0.25) is 10.1 Å². The molecule has 7 heteroatoms. The highest BCUT2D eigenvalue weighted by molar-refractivity contribution is 7.18. The van der Waals surface area contributed by atoms with Crippen LogP contribution in [0.25, 0.3) is 10.2 Å². The molecule has 0 bridgehead atoms. The second kappa shape index (κ2) is 5.50. The van der Waals surface area contributed by atoms with Gasteiger partial charge >= 0.3 is 0 Å². The first-order chi connectivity index (χ1) is 9.01. The summed E-state index contributed by atoms with van der Waals surface area (Å²) in [6.45, 7) is 4.28. The number of benzene rings is 1. The Bertz CT molecular complexity index is 612. The lowest BCUT2D eigenvalue weighted by molar-refractivity contribution is -0.383. The van der Waals surface area contributed by atoms with Gasteiger partial charge in [0.15, 0.2) is 0 Å². The van der Waals surface area contributed by atoms with Crippen LogP contribution in [0.2, 0.25) is 0 Å². The lowest BCUT2D eigenvalue weighted by Gasteiger charge is -2.11. The van der Waals surface area contributed by atoms with Crippen molar-refractivity contribution in [3.8, 4) is 0 Å². The van der Waals surface area contributed by atoms with Crippen molar-refractivity contribution >= 4 is 32.9 Å². The van der Waals surface area contributed by atoms with Crippen molar-refractivity contribution in [2.75, 3.05) is 19.0 Å². The monoisotopic (exact) mass is 281 g/mol. The topological polar surface area (TPSA) is 77.3 Å². The number of thiazole rings is 1. The van der Waals surface area contributed by atoms with Crippen LogP contribution in [0, 0.1) is 17.0 Å². The van der Waals surface area contributed by atoms with E-state index in [0.717, 1.165) is 15.2 Å². The van der Waals surface area contributed by atoms with Crippen LogP contribution in [0.15, 0.2) is 12.1 Å². The Labute approximate surface area is 114 Å². The molecule has 1 unspecified atom stereocenters. The molecule has 0 radical (unpaired) electrons. The Morgan fingerprint density at radius 1 is 1.58 bits per heavy atom. The molecule has 1 heterocycles. The number of hydrogen-bond donors (Lipinski definition) is 1. The summed E-state index contributed by atoms with van der Waals surface area (Å²) >= 11 is 1.45. The first-order valence-corrected chi connectivity index (χ1v) is 6.65. The molecule has 0 spiro atoms. The molecule has 0 saturated heterocycles. The first kappa shape index (κ1) is 13.7. The Kier molecular flexibility index (Phi) is 3.96. The van der Waals surface area contributed by atoms with E-state index < -0.39 is 0 Å². The molecule has 0 amide bonds. The van der Waals surface area contributed by atoms with Gasteiger partial charge in [-0.05, 0) is 19.9 Å². The summed E-state index contributed by atoms with van der Waals surface area (Å²) in [5.74, 6) is 0. The normalized spacial score (nSPS) is 12.6. The Balaban J connectivity index is 2.38. The van der Waals surface area contributed by atoms with Crippen LogP contribution in [-0.2, 0) is 4.74 Å². The van der Waals surface area contributed by atoms with E-state index in [2.05, 4.69) is 10.3 Å². The number of anilines is 1. The predicted molar refractivity (Wildman–Crippen MR) is 76.0 cm³/mol. The maximum Gasteiger partial charge on any atom is 0.293 e. The maximum atomic E-state index is 11.1. The minimum atomic E-state index is -0.381. The van der Waals surface area contributed by atoms with E-state index in [-0.39, 0.29) is 16.7 Å². The molecule has 1 N–H and O–H groups in total. The van der Waals surface area contributed by atoms with Gasteiger partial charge in [0, 0.05) is 19.7 Å². The van der Waals surface area contributed by atoms with Gasteiger partial charge in [-0.2, -0.15) is 0 Å². The number of methoxy groups -OCH3 is 1. The van der Waals surface area contributed by atoms with E-state index >= 15 is 0 Å². The minimum Gasteiger partial charge on any atom is -0.380 e. The van der Waals surface area contributed by atoms with E-state index in [1.54, 1.807) is 19.2 Å². The van der Waals surface area contributed by atoms with Crippen molar-refractivity contribution in [2.45, 2.75) is 20.0 Å². The van der Waals surface area contributed by atoms with Crippen molar-refractivity contribution in [1.82, 2.24) is 4.98 Å². The van der Waals surface area contributed by atoms with Crippen molar-refractivity contribution in [3.05, 3.63) is 27.3 Å². The van der Waals surface area contributed by atoms with Crippen LogP contribution in [0.5, 0.6) is 0 Å². The molecule has 1 aromatic heterocycles. The number of aryl methyl sites for hydroxylation is 1. The number of rotatable bonds is 5. The van der Waals surface area contributed by atoms with Crippen LogP contribution >= 0.6 is 11.3 Å². The molecule has 2 aromatic rings. The van der Waals surface area contributed by atoms with E-state index in [9.17, 15) is 10.1 Å². The standard InChI is InChI=1S/C12H15N3O3S/c1-7(18-3)6-13-9-4-10-12(19-8(2)14-10)5-11(9)15(16)17/h4-5,7,13H,6H2,1-3H3. The van der Waals surface area contributed by atoms with Gasteiger partial charge in [-0.1, -0.05) is 0 Å². The second-order valence-corrected chi connectivity index (χ2v) is 5.49. The van der Waals surface area contributed by atoms with E-state index in [4.69, 9.17) is 4.74 Å². The summed E-state index contributed by atoms with van der Waals surface area (Å²) in [5, 5.41) is 15.0. The Morgan fingerprint density at radius 3 is 2.95 bits per heavy atom. The highest BCUT2D eigenvalue weighted by atomic mass is 32.1. The number of ether oxygens (including phenoxy) is 1. The van der Waals surface area contributed by atoms with Crippen molar-refractivity contribution in [2.24, 2.45) is 0 Å². The zero-order valence-electron chi connectivity index (χ0n) is 11.0. The highest BCUT2D eigenvalue weighted by Gasteiger charge is 2.17. The average Bonchev–Trinajstić information content (AvgIpc) is 2.73. The number of fused-ring (bicyclic) bond motifs is 1. The van der Waals surface area contributed by atoms with E-state index in [1.807, 2.05) is 13.8 Å². The molecule has 0 saturated carbocycles. The molecule has 0 aliphatic rings. The molecule has 102 valence electrons. The van der Waals surface area contributed by atoms with Gasteiger partial charge in [0.25, 0.3) is 5.69 Å². The lowest BCUT2D eigenvalue weighted by atomic mass is 10.2. The lowest BCUT2D eigenvalue weighted by Crippen LogP contribution is -2.18. The number of nitro groups is 1. The number of aromatic nitrogens is 1. The Hall–Kier alpha value is -1.73. The number of nitro benzene ring substituents is 1. The third-order valence-corrected chi connectivity index (χ3v) is 3.73. The molecule has 0 fully saturated rings. The molecule has 6 nitrogen and oxygen atoms in total. The fourth-order valence-corrected chi connectivity index (χ4v) is 2.55. The zero-order valence-corrected chi connectivity index (χ0v) is 11.8. The van der Waals surface area contributed by atoms with Gasteiger partial charge in [0.1, 0.15) is 5.69 Å². The van der Waals surface area contributed by atoms with Crippen LogP contribution in [0.3, 0.4) is 0 Å². The third-order valence-electron chi connectivity index (χ3n) is 2.79. The van der Waals surface area contributed by atoms with Crippen LogP contribution in [0.4, 0.5) is 11.4 Å². The van der Waals surface area contributed by atoms with Gasteiger partial charge in [-0.25, -0.2) is 4.98 Å². The predicted octanol–water partition coefficient (Wildman–Crippen LogP) is 2.96. The number of hydrogen-bond acceptors (Lipinski definition) is 6. The summed E-state index contributed by atoms with van der Waals surface area (Å²) in [6, 6.07) is 3.29. The van der Waals surface area contributed by atoms with Crippen LogP contribution in [0.1, 0.15) is 11.9 Å². The minimum absolute atomic E-state index is 0.0209. The van der Waals surface area contributed by atoms with Gasteiger partial charge < -0.3 is 10.1 Å². The van der Waals surface area contributed by atoms with Gasteiger partial charge in [-0.15, -0.1) is 11.3 Å². The van der Waals surface area contributed by atoms with Crippen molar-refractivity contribution in [3.63, 3.8) is 0 Å². The molecular weight excluding hydrogens is 266 g/mol. The Morgan fingerprint density at radius 2 is 2.32 bits per heavy atom. The fraction of sp³-hybridized carbons (Fsp3) is 0.417. The summed E-state index contributed by atoms with van der Waals surface area (Å²) < 4.78 is 5.95. The quantitative estimate of drug-likeness (QED) is 0.673. The summed E-state index contributed by atoms with van der Waals surface area (Å²) in [7, 11) is 1.60. The summed E-state index contributed by atoms with van der Waals surface area (Å²) in [5.41, 5.74) is 1.33. The highest BCUT2D eigenvalue weighted by Crippen LogP contribution is 2.32. The second-order valence-electron chi connectivity index (χ2n) is 4.25. The average molecular weight is 281 g/mol. The SMILES string of the molecule is COC(C)CNc1cc2nc(C)sc2cc1[N+](=O)[O-]. The first-order valence-electron chi connectivity index (χ1n) is 5.83. The summed E-state index contributed by atoms with van der Waals surface area (Å²) in [6.07, 6.45) is -0.0209. The summed E-state index contributed by atoms with van der Waals surface area (Å²) in [4.78, 5) is 15.1. The van der Waals surface area contributed by atoms with Crippen LogP contribution in [-0.4, -0.2) is 29.7 Å². The van der Waals surface area contributed by atoms with E-state index in [0.29, 0.717) is 12.2 Å². The smallest absolute Gasteiger partial charge is 0.293 e. The number of nitrogens with one attached hydrogen (secondary N) is 1. The zero-order chi connectivity index (χ0) is 14.0. The van der Waals surface area contributed by atoms with Gasteiger partial charge in [0.2, 0.25) is 0 Å². The van der Waals surface area contributed by atoms with Crippen molar-refractivity contribution < 1.29 is 9.66 Å². The molecule has 0 aliphatic heterocycles. The molecular formula is C12H15N3O3S. The maximum absolute atomic E-state index is 11.1. The number of nitrogens with zero attached hydrogens (tertiary/aromatic N) is 2. The largest absolute Gasteiger partial charge is 0.380 e. The van der Waals surface area contributed by atoms with Crippen molar-refractivity contribution in [1.29, 1.82) is 0 Å². The van der Waals surface area contributed by atoms with Gasteiger partial charge in [0.05, 0.1) is 26.3 Å². The molecule has 1 aromatic carbocycles.